The van der Waals surface area contributed by atoms with Crippen molar-refractivity contribution >= 4 is 11.9 Å². The molecule has 6 heteroatoms. The number of carbonyl (C=O) groups is 2. The van der Waals surface area contributed by atoms with E-state index in [2.05, 4.69) is 5.32 Å². The lowest BCUT2D eigenvalue weighted by atomic mass is 10.0. The van der Waals surface area contributed by atoms with Crippen LogP contribution in [0.25, 0.3) is 0 Å². The second-order valence-corrected chi connectivity index (χ2v) is 6.18. The van der Waals surface area contributed by atoms with Crippen LogP contribution in [0.2, 0.25) is 0 Å². The van der Waals surface area contributed by atoms with Gasteiger partial charge in [0.25, 0.3) is 0 Å². The molecular weight excluding hydrogens is 346 g/mol. The summed E-state index contributed by atoms with van der Waals surface area (Å²) in [5, 5.41) is 12.0. The van der Waals surface area contributed by atoms with E-state index in [0.29, 0.717) is 24.3 Å². The van der Waals surface area contributed by atoms with Gasteiger partial charge in [-0.05, 0) is 30.0 Å². The number of nitrogens with one attached hydrogen (secondary N) is 1. The molecule has 0 saturated carbocycles. The molecule has 0 bridgehead atoms. The smallest absolute Gasteiger partial charge is 0.326 e. The summed E-state index contributed by atoms with van der Waals surface area (Å²) in [4.78, 5) is 23.6. The van der Waals surface area contributed by atoms with Gasteiger partial charge in [-0.3, -0.25) is 4.79 Å². The Bertz CT molecular complexity index is 760. The minimum absolute atomic E-state index is 0.244. The summed E-state index contributed by atoms with van der Waals surface area (Å²) in [5.74, 6) is 0.107. The fraction of sp³-hybridized carbons (Fsp3) is 0.333. The molecule has 0 aliphatic carbocycles. The average Bonchev–Trinajstić information content (AvgIpc) is 2.68. The highest BCUT2D eigenvalue weighted by atomic mass is 16.5. The number of carboxylic acids is 1. The molecule has 2 aromatic rings. The minimum atomic E-state index is -1.04. The highest BCUT2D eigenvalue weighted by Crippen LogP contribution is 2.25. The number of aryl methyl sites for hydroxylation is 1. The molecule has 6 nitrogen and oxygen atoms in total. The van der Waals surface area contributed by atoms with Crippen LogP contribution in [-0.2, 0) is 22.4 Å². The van der Waals surface area contributed by atoms with E-state index >= 15 is 0 Å². The Labute approximate surface area is 159 Å². The van der Waals surface area contributed by atoms with Gasteiger partial charge in [0.2, 0.25) is 5.91 Å². The van der Waals surface area contributed by atoms with E-state index in [4.69, 9.17) is 9.47 Å². The topological polar surface area (TPSA) is 84.9 Å². The quantitative estimate of drug-likeness (QED) is 0.671. The Morgan fingerprint density at radius 1 is 1.07 bits per heavy atom. The van der Waals surface area contributed by atoms with Gasteiger partial charge in [0.05, 0.1) is 14.2 Å². The fourth-order valence-corrected chi connectivity index (χ4v) is 2.81. The van der Waals surface area contributed by atoms with Gasteiger partial charge in [0, 0.05) is 18.9 Å². The van der Waals surface area contributed by atoms with Crippen LogP contribution in [0.5, 0.6) is 11.5 Å². The van der Waals surface area contributed by atoms with Gasteiger partial charge in [0.15, 0.2) is 0 Å². The van der Waals surface area contributed by atoms with Crippen LogP contribution in [0.1, 0.15) is 24.0 Å². The van der Waals surface area contributed by atoms with Gasteiger partial charge in [-0.2, -0.15) is 0 Å². The van der Waals surface area contributed by atoms with E-state index in [9.17, 15) is 14.7 Å². The molecule has 2 N–H and O–H groups in total. The normalized spacial score (nSPS) is 11.5. The summed E-state index contributed by atoms with van der Waals surface area (Å²) in [5.41, 5.74) is 1.85. The number of hydrogen-bond donors (Lipinski definition) is 2. The zero-order chi connectivity index (χ0) is 19.6. The van der Waals surface area contributed by atoms with Gasteiger partial charge in [-0.15, -0.1) is 0 Å². The number of ether oxygens (including phenoxy) is 2. The Balaban J connectivity index is 1.86. The van der Waals surface area contributed by atoms with Gasteiger partial charge >= 0.3 is 5.97 Å². The molecule has 0 heterocycles. The van der Waals surface area contributed by atoms with Crippen LogP contribution in [0.3, 0.4) is 0 Å². The zero-order valence-corrected chi connectivity index (χ0v) is 15.6. The highest BCUT2D eigenvalue weighted by molar-refractivity contribution is 5.83. The molecule has 0 radical (unpaired) electrons. The van der Waals surface area contributed by atoms with Crippen molar-refractivity contribution in [2.24, 2.45) is 0 Å². The maximum Gasteiger partial charge on any atom is 0.326 e. The van der Waals surface area contributed by atoms with Crippen molar-refractivity contribution in [2.45, 2.75) is 31.7 Å². The largest absolute Gasteiger partial charge is 0.497 e. The van der Waals surface area contributed by atoms with E-state index in [1.165, 1.54) is 0 Å². The lowest BCUT2D eigenvalue weighted by Crippen LogP contribution is -2.42. The summed E-state index contributed by atoms with van der Waals surface area (Å²) in [7, 11) is 3.18. The van der Waals surface area contributed by atoms with E-state index in [1.54, 1.807) is 20.3 Å². The number of rotatable bonds is 10. The molecule has 0 aliphatic rings. The van der Waals surface area contributed by atoms with Crippen LogP contribution in [0.4, 0.5) is 0 Å². The molecule has 2 aromatic carbocycles. The third kappa shape index (κ3) is 6.33. The van der Waals surface area contributed by atoms with Gasteiger partial charge in [-0.1, -0.05) is 36.4 Å². The third-order valence-electron chi connectivity index (χ3n) is 4.26. The van der Waals surface area contributed by atoms with Crippen molar-refractivity contribution in [2.75, 3.05) is 14.2 Å². The SMILES string of the molecule is COc1ccc(CCCC(=O)N[C@@H](Cc2ccccc2)C(=O)O)c(OC)c1. The Kier molecular flexibility index (Phi) is 7.67. The molecule has 144 valence electrons. The van der Waals surface area contributed by atoms with Crippen molar-refractivity contribution in [3.05, 3.63) is 59.7 Å². The van der Waals surface area contributed by atoms with Crippen molar-refractivity contribution in [1.82, 2.24) is 5.32 Å². The number of hydrogen-bond acceptors (Lipinski definition) is 4. The summed E-state index contributed by atoms with van der Waals surface area (Å²) in [6.45, 7) is 0. The number of carboxylic acid groups (broad SMARTS) is 1. The van der Waals surface area contributed by atoms with E-state index in [-0.39, 0.29) is 18.7 Å². The first-order chi connectivity index (χ1) is 13.0. The molecule has 1 amide bonds. The third-order valence-corrected chi connectivity index (χ3v) is 4.26. The summed E-state index contributed by atoms with van der Waals surface area (Å²) >= 11 is 0. The lowest BCUT2D eigenvalue weighted by molar-refractivity contribution is -0.141. The summed E-state index contributed by atoms with van der Waals surface area (Å²) in [6, 6.07) is 13.9. The maximum atomic E-state index is 12.2. The Morgan fingerprint density at radius 3 is 2.44 bits per heavy atom. The van der Waals surface area contributed by atoms with Crippen LogP contribution in [-0.4, -0.2) is 37.2 Å². The number of methoxy groups -OCH3 is 2. The second-order valence-electron chi connectivity index (χ2n) is 6.18. The predicted molar refractivity (Wildman–Crippen MR) is 102 cm³/mol. The van der Waals surface area contributed by atoms with Gasteiger partial charge in [-0.25, -0.2) is 4.79 Å². The number of amides is 1. The Hall–Kier alpha value is -3.02. The molecular formula is C21H25NO5. The second kappa shape index (κ2) is 10.2. The standard InChI is InChI=1S/C21H25NO5/c1-26-17-12-11-16(19(14-17)27-2)9-6-10-20(23)22-18(21(24)25)13-15-7-4-3-5-8-15/h3-5,7-8,11-12,14,18H,6,9-10,13H2,1-2H3,(H,22,23)(H,24,25)/t18-/m0/s1. The molecule has 0 saturated heterocycles. The first-order valence-electron chi connectivity index (χ1n) is 8.80. The minimum Gasteiger partial charge on any atom is -0.497 e. The molecule has 0 spiro atoms. The average molecular weight is 371 g/mol. The molecule has 0 aromatic heterocycles. The van der Waals surface area contributed by atoms with Crippen LogP contribution >= 0.6 is 0 Å². The van der Waals surface area contributed by atoms with E-state index in [0.717, 1.165) is 11.1 Å². The van der Waals surface area contributed by atoms with E-state index < -0.39 is 12.0 Å². The predicted octanol–water partition coefficient (Wildman–Crippen LogP) is 2.84. The fourth-order valence-electron chi connectivity index (χ4n) is 2.81. The highest BCUT2D eigenvalue weighted by Gasteiger charge is 2.20. The summed E-state index contributed by atoms with van der Waals surface area (Å²) in [6.07, 6.45) is 1.74. The van der Waals surface area contributed by atoms with Crippen molar-refractivity contribution in [1.29, 1.82) is 0 Å². The van der Waals surface area contributed by atoms with Crippen LogP contribution in [0.15, 0.2) is 48.5 Å². The van der Waals surface area contributed by atoms with Gasteiger partial charge in [0.1, 0.15) is 17.5 Å². The van der Waals surface area contributed by atoms with Crippen LogP contribution < -0.4 is 14.8 Å². The zero-order valence-electron chi connectivity index (χ0n) is 15.6. The van der Waals surface area contributed by atoms with Gasteiger partial charge < -0.3 is 19.9 Å². The first kappa shape index (κ1) is 20.3. The molecule has 27 heavy (non-hydrogen) atoms. The first-order valence-corrected chi connectivity index (χ1v) is 8.80. The molecule has 2 rings (SSSR count). The van der Waals surface area contributed by atoms with Crippen molar-refractivity contribution in [3.63, 3.8) is 0 Å². The molecule has 0 fully saturated rings. The molecule has 1 atom stereocenters. The Morgan fingerprint density at radius 2 is 1.81 bits per heavy atom. The summed E-state index contributed by atoms with van der Waals surface area (Å²) < 4.78 is 10.5. The molecule has 0 unspecified atom stereocenters. The number of carbonyl (C=O) groups excluding carboxylic acids is 1. The van der Waals surface area contributed by atoms with E-state index in [1.807, 2.05) is 42.5 Å². The number of aliphatic carboxylic acids is 1. The monoisotopic (exact) mass is 371 g/mol. The lowest BCUT2D eigenvalue weighted by Gasteiger charge is -2.15. The van der Waals surface area contributed by atoms with Crippen LogP contribution in [0, 0.1) is 0 Å². The van der Waals surface area contributed by atoms with Crippen molar-refractivity contribution in [3.8, 4) is 11.5 Å². The maximum absolute atomic E-state index is 12.2. The molecule has 0 aliphatic heterocycles. The number of benzene rings is 2. The van der Waals surface area contributed by atoms with Crippen molar-refractivity contribution < 1.29 is 24.2 Å².